The highest BCUT2D eigenvalue weighted by Gasteiger charge is 1.93. The van der Waals surface area contributed by atoms with Gasteiger partial charge in [0.05, 0.1) is 0 Å². The molecular weight excluding hydrogens is 108 g/mol. The van der Waals surface area contributed by atoms with Crippen molar-refractivity contribution in [2.24, 2.45) is 10.3 Å². The summed E-state index contributed by atoms with van der Waals surface area (Å²) in [6.45, 7) is -5.90. The minimum Gasteiger partial charge on any atom is -0.411 e. The predicted molar refractivity (Wildman–Crippen MR) is 29.8 cm³/mol. The summed E-state index contributed by atoms with van der Waals surface area (Å²) in [5.41, 5.74) is -2.12. The van der Waals surface area contributed by atoms with Crippen LogP contribution < -0.4 is 0 Å². The Morgan fingerprint density at radius 1 is 1.38 bits per heavy atom. The van der Waals surface area contributed by atoms with Crippen molar-refractivity contribution in [3.63, 3.8) is 0 Å². The summed E-state index contributed by atoms with van der Waals surface area (Å²) in [5, 5.41) is 12.5. The maximum Gasteiger partial charge on any atom is 0.330 e. The lowest BCUT2D eigenvalue weighted by molar-refractivity contribution is 0.313. The van der Waals surface area contributed by atoms with Gasteiger partial charge >= 0.3 is 2.86 Å². The smallest absolute Gasteiger partial charge is 0.330 e. The van der Waals surface area contributed by atoms with Crippen LogP contribution >= 0.6 is 0 Å². The fourth-order valence-electron chi connectivity index (χ4n) is 0.0865. The Morgan fingerprint density at radius 3 is 2.12 bits per heavy atom. The molecule has 0 amide bonds. The fourth-order valence-corrected chi connectivity index (χ4v) is 0.0865. The maximum absolute atomic E-state index is 6.97. The number of hydrogen-bond acceptors (Lipinski definition) is 4. The van der Waals surface area contributed by atoms with Gasteiger partial charge in [0, 0.05) is 8.22 Å². The summed E-state index contributed by atoms with van der Waals surface area (Å²) in [6, 6.07) is 0. The lowest BCUT2D eigenvalue weighted by Crippen LogP contribution is -2.04. The molecule has 0 aromatic rings. The minimum absolute atomic E-state index is 1.06. The van der Waals surface area contributed by atoms with Crippen LogP contribution in [0.5, 0.6) is 0 Å². The van der Waals surface area contributed by atoms with Gasteiger partial charge in [0.15, 0.2) is 0 Å². The number of hydrogen-bond donors (Lipinski definition) is 2. The lowest BCUT2D eigenvalue weighted by atomic mass is 10.3. The lowest BCUT2D eigenvalue weighted by Gasteiger charge is -1.88. The third kappa shape index (κ3) is 1.59. The average molecular weight is 124 g/mol. The monoisotopic (exact) mass is 124 g/mol. The molecule has 0 radical (unpaired) electrons. The largest absolute Gasteiger partial charge is 0.411 e. The van der Waals surface area contributed by atoms with Crippen molar-refractivity contribution in [3.05, 3.63) is 0 Å². The molecule has 0 unspecified atom stereocenters. The van der Waals surface area contributed by atoms with Crippen LogP contribution in [0, 0.1) is 0 Å². The molecular formula is C4H8N2O2. The number of oxime groups is 2. The summed E-state index contributed by atoms with van der Waals surface area (Å²) in [7, 11) is 0. The van der Waals surface area contributed by atoms with Crippen molar-refractivity contribution in [3.8, 4) is 0 Å². The van der Waals surface area contributed by atoms with Gasteiger partial charge in [0.1, 0.15) is 11.4 Å². The second-order valence-corrected chi connectivity index (χ2v) is 0.880. The normalized spacial score (nSPS) is 31.0. The molecule has 4 nitrogen and oxygen atoms in total. The van der Waals surface area contributed by atoms with Gasteiger partial charge in [-0.25, -0.2) is 0 Å². The van der Waals surface area contributed by atoms with Crippen LogP contribution in [0.25, 0.3) is 0 Å². The third-order valence-electron chi connectivity index (χ3n) is 0.407. The van der Waals surface area contributed by atoms with E-state index in [2.05, 4.69) is 20.7 Å². The van der Waals surface area contributed by atoms with E-state index in [4.69, 9.17) is 11.1 Å². The zero-order valence-corrected chi connectivity index (χ0v) is 3.71. The van der Waals surface area contributed by atoms with Crippen LogP contribution in [-0.4, -0.2) is 21.8 Å². The molecule has 46 valence electrons. The summed E-state index contributed by atoms with van der Waals surface area (Å²) in [5.74, 6) is 0. The van der Waals surface area contributed by atoms with E-state index in [1.807, 2.05) is 0 Å². The van der Waals surface area contributed by atoms with Crippen molar-refractivity contribution in [2.75, 3.05) is 0 Å². The Labute approximate surface area is 58.5 Å². The minimum atomic E-state index is -2.95. The van der Waals surface area contributed by atoms with Crippen LogP contribution in [0.2, 0.25) is 2.86 Å². The SMILES string of the molecule is [2H]O/N=C(/C(=N/O[2H])C([2H])([2H])[2H])C([2H])([2H])[2H]. The highest BCUT2D eigenvalue weighted by Crippen LogP contribution is 1.79. The zero-order chi connectivity index (χ0) is 13.0. The van der Waals surface area contributed by atoms with Gasteiger partial charge in [-0.15, -0.1) is 0 Å². The standard InChI is InChI=1S/C4H8N2O2/c1-3(5-7)4(2)6-8/h7-8H,1-2H3/b5-3+,6-4+/i1D3,2D3/hD2. The summed E-state index contributed by atoms with van der Waals surface area (Å²) < 4.78 is 54.4. The van der Waals surface area contributed by atoms with E-state index in [1.54, 1.807) is 0 Å². The Kier molecular flexibility index (Phi) is 0.474. The first-order chi connectivity index (χ1) is 7.14. The van der Waals surface area contributed by atoms with Gasteiger partial charge in [-0.3, -0.25) is 0 Å². The topological polar surface area (TPSA) is 65.2 Å². The second kappa shape index (κ2) is 3.01. The van der Waals surface area contributed by atoms with Gasteiger partial charge in [-0.05, 0) is 13.7 Å². The molecule has 0 spiro atoms. The quantitative estimate of drug-likeness (QED) is 0.330. The molecule has 0 saturated heterocycles. The zero-order valence-electron chi connectivity index (χ0n) is 11.7. The van der Waals surface area contributed by atoms with E-state index in [0.29, 0.717) is 0 Å². The molecule has 0 rings (SSSR count). The second-order valence-electron chi connectivity index (χ2n) is 0.880. The van der Waals surface area contributed by atoms with Crippen LogP contribution in [0.3, 0.4) is 0 Å². The summed E-state index contributed by atoms with van der Waals surface area (Å²) in [6.07, 6.45) is 0. The van der Waals surface area contributed by atoms with Crippen molar-refractivity contribution >= 4 is 11.4 Å². The summed E-state index contributed by atoms with van der Waals surface area (Å²) >= 11 is 0. The van der Waals surface area contributed by atoms with E-state index >= 15 is 0 Å². The van der Waals surface area contributed by atoms with Crippen molar-refractivity contribution in [2.45, 2.75) is 13.7 Å². The van der Waals surface area contributed by atoms with Gasteiger partial charge < -0.3 is 10.4 Å². The van der Waals surface area contributed by atoms with Crippen LogP contribution in [0.1, 0.15) is 21.9 Å². The van der Waals surface area contributed by atoms with Crippen LogP contribution in [0.15, 0.2) is 10.3 Å². The molecule has 0 heterocycles. The molecule has 0 saturated carbocycles. The molecule has 0 fully saturated rings. The number of nitrogens with zero attached hydrogens (tertiary/aromatic N) is 2. The molecule has 0 aromatic heterocycles. The first-order valence-electron chi connectivity index (χ1n) is 5.38. The average Bonchev–Trinajstić information content (AvgIpc) is 2.07. The van der Waals surface area contributed by atoms with Gasteiger partial charge in [0.2, 0.25) is 0 Å². The molecule has 0 atom stereocenters. The molecule has 0 aromatic carbocycles. The summed E-state index contributed by atoms with van der Waals surface area (Å²) in [4.78, 5) is 0. The van der Waals surface area contributed by atoms with Crippen molar-refractivity contribution in [1.29, 1.82) is 0 Å². The Balaban J connectivity index is 5.50. The van der Waals surface area contributed by atoms with Crippen LogP contribution in [0.4, 0.5) is 0 Å². The fraction of sp³-hybridized carbons (Fsp3) is 0.500. The number of rotatable bonds is 3. The van der Waals surface area contributed by atoms with E-state index < -0.39 is 25.1 Å². The Morgan fingerprint density at radius 2 is 1.88 bits per heavy atom. The molecule has 0 aliphatic heterocycles. The van der Waals surface area contributed by atoms with E-state index in [-0.39, 0.29) is 0 Å². The predicted octanol–water partition coefficient (Wildman–Crippen LogP) is 0.687. The van der Waals surface area contributed by atoms with E-state index in [0.717, 1.165) is 0 Å². The molecule has 0 aliphatic rings. The van der Waals surface area contributed by atoms with Crippen molar-refractivity contribution < 1.29 is 21.5 Å². The first-order valence-corrected chi connectivity index (χ1v) is 1.56. The van der Waals surface area contributed by atoms with Gasteiger partial charge in [-0.1, -0.05) is 10.3 Å². The van der Waals surface area contributed by atoms with E-state index in [1.165, 1.54) is 0 Å². The highest BCUT2D eigenvalue weighted by molar-refractivity contribution is 6.40. The molecule has 0 aliphatic carbocycles. The third-order valence-corrected chi connectivity index (χ3v) is 0.407. The Hall–Kier alpha value is -1.06. The highest BCUT2D eigenvalue weighted by atomic mass is 16.4. The van der Waals surface area contributed by atoms with Crippen LogP contribution in [-0.2, 0) is 0 Å². The maximum atomic E-state index is 6.97. The molecule has 0 bridgehead atoms. The van der Waals surface area contributed by atoms with E-state index in [9.17, 15) is 0 Å². The Bertz CT molecular complexity index is 261. The molecule has 2 N–H and O–H groups in total. The van der Waals surface area contributed by atoms with Gasteiger partial charge in [0.25, 0.3) is 0 Å². The van der Waals surface area contributed by atoms with Crippen molar-refractivity contribution in [1.82, 2.24) is 0 Å². The van der Waals surface area contributed by atoms with Gasteiger partial charge in [-0.2, -0.15) is 0 Å². The molecule has 4 heteroatoms. The first kappa shape index (κ1) is 1.26. The molecule has 8 heavy (non-hydrogen) atoms.